The highest BCUT2D eigenvalue weighted by Gasteiger charge is 2.34. The standard InChI is InChI=1S/C33H36N2O7S2/c1-22(2)30-20-25(21-31(23(3)4)32(30)36)35(44(39,40)29-18-14-27(42-6)15-19-29)33(24-10-8-7-9-11-24)34-43(37,38)28-16-12-26(41-5)13-17-28/h7-23,36H,1-6H3. The van der Waals surface area contributed by atoms with E-state index >= 15 is 0 Å². The van der Waals surface area contributed by atoms with Crippen molar-refractivity contribution < 1.29 is 31.4 Å². The Morgan fingerprint density at radius 3 is 1.59 bits per heavy atom. The van der Waals surface area contributed by atoms with E-state index in [1.165, 1.54) is 62.8 Å². The van der Waals surface area contributed by atoms with Gasteiger partial charge in [0.25, 0.3) is 20.0 Å². The van der Waals surface area contributed by atoms with E-state index in [2.05, 4.69) is 4.40 Å². The molecule has 0 saturated carbocycles. The fraction of sp³-hybridized carbons (Fsp3) is 0.242. The molecule has 232 valence electrons. The first-order chi connectivity index (χ1) is 20.8. The molecule has 0 aliphatic heterocycles. The number of benzene rings is 4. The van der Waals surface area contributed by atoms with Crippen molar-refractivity contribution in [3.8, 4) is 17.2 Å². The maximum Gasteiger partial charge on any atom is 0.284 e. The maximum atomic E-state index is 14.6. The van der Waals surface area contributed by atoms with Crippen LogP contribution in [0.1, 0.15) is 56.2 Å². The zero-order valence-electron chi connectivity index (χ0n) is 25.4. The smallest absolute Gasteiger partial charge is 0.284 e. The van der Waals surface area contributed by atoms with Crippen LogP contribution < -0.4 is 13.8 Å². The molecular weight excluding hydrogens is 601 g/mol. The minimum Gasteiger partial charge on any atom is -0.507 e. The van der Waals surface area contributed by atoms with Crippen LogP contribution >= 0.6 is 0 Å². The number of phenolic OH excluding ortho intramolecular Hbond substituents is 1. The fourth-order valence-electron chi connectivity index (χ4n) is 4.60. The van der Waals surface area contributed by atoms with E-state index in [1.54, 1.807) is 42.5 Å². The predicted molar refractivity (Wildman–Crippen MR) is 172 cm³/mol. The van der Waals surface area contributed by atoms with Crippen LogP contribution in [0.25, 0.3) is 0 Å². The van der Waals surface area contributed by atoms with E-state index in [-0.39, 0.29) is 44.5 Å². The van der Waals surface area contributed by atoms with Crippen molar-refractivity contribution >= 4 is 31.6 Å². The van der Waals surface area contributed by atoms with Gasteiger partial charge < -0.3 is 14.6 Å². The third-order valence-electron chi connectivity index (χ3n) is 7.02. The lowest BCUT2D eigenvalue weighted by Gasteiger charge is -2.28. The van der Waals surface area contributed by atoms with Gasteiger partial charge in [-0.3, -0.25) is 0 Å². The van der Waals surface area contributed by atoms with Crippen LogP contribution in [0.5, 0.6) is 17.2 Å². The zero-order chi connectivity index (χ0) is 32.2. The quantitative estimate of drug-likeness (QED) is 0.152. The van der Waals surface area contributed by atoms with Gasteiger partial charge in [0.1, 0.15) is 17.2 Å². The Kier molecular flexibility index (Phi) is 9.70. The third-order valence-corrected chi connectivity index (χ3v) is 10.0. The average molecular weight is 637 g/mol. The Morgan fingerprint density at radius 2 is 1.16 bits per heavy atom. The van der Waals surface area contributed by atoms with E-state index in [9.17, 15) is 21.9 Å². The minimum atomic E-state index is -4.51. The minimum absolute atomic E-state index is 0.0598. The summed E-state index contributed by atoms with van der Waals surface area (Å²) in [6.45, 7) is 7.52. The van der Waals surface area contributed by atoms with Gasteiger partial charge in [-0.05, 0) is 83.6 Å². The van der Waals surface area contributed by atoms with Crippen molar-refractivity contribution in [2.75, 3.05) is 18.5 Å². The second kappa shape index (κ2) is 13.1. The molecule has 0 fully saturated rings. The van der Waals surface area contributed by atoms with E-state index < -0.39 is 20.0 Å². The summed E-state index contributed by atoms with van der Waals surface area (Å²) in [5.74, 6) is 0.253. The molecular formula is C33H36N2O7S2. The van der Waals surface area contributed by atoms with Gasteiger partial charge in [-0.15, -0.1) is 4.40 Å². The number of hydrogen-bond donors (Lipinski definition) is 1. The summed E-state index contributed by atoms with van der Waals surface area (Å²) in [4.78, 5) is -0.265. The molecule has 44 heavy (non-hydrogen) atoms. The van der Waals surface area contributed by atoms with E-state index in [0.717, 1.165) is 4.31 Å². The lowest BCUT2D eigenvalue weighted by molar-refractivity contribution is 0.414. The van der Waals surface area contributed by atoms with Crippen molar-refractivity contribution in [3.63, 3.8) is 0 Å². The molecule has 11 heteroatoms. The van der Waals surface area contributed by atoms with Crippen molar-refractivity contribution in [3.05, 3.63) is 108 Å². The lowest BCUT2D eigenvalue weighted by atomic mass is 9.93. The predicted octanol–water partition coefficient (Wildman–Crippen LogP) is 6.69. The van der Waals surface area contributed by atoms with Crippen LogP contribution in [0.4, 0.5) is 5.69 Å². The van der Waals surface area contributed by atoms with Crippen molar-refractivity contribution in [2.45, 2.75) is 49.3 Å². The lowest BCUT2D eigenvalue weighted by Crippen LogP contribution is -2.38. The number of sulfonamides is 2. The first-order valence-corrected chi connectivity index (χ1v) is 16.8. The molecule has 0 aliphatic rings. The average Bonchev–Trinajstić information content (AvgIpc) is 3.01. The molecule has 9 nitrogen and oxygen atoms in total. The topological polar surface area (TPSA) is 123 Å². The molecule has 0 aliphatic carbocycles. The summed E-state index contributed by atoms with van der Waals surface area (Å²) in [6, 6.07) is 22.8. The Hall–Kier alpha value is -4.35. The highest BCUT2D eigenvalue weighted by molar-refractivity contribution is 7.94. The molecule has 0 amide bonds. The van der Waals surface area contributed by atoms with Crippen molar-refractivity contribution in [2.24, 2.45) is 4.40 Å². The summed E-state index contributed by atoms with van der Waals surface area (Å²) in [6.07, 6.45) is 0. The molecule has 0 aromatic heterocycles. The summed E-state index contributed by atoms with van der Waals surface area (Å²) in [5.41, 5.74) is 1.38. The van der Waals surface area contributed by atoms with Crippen LogP contribution in [0, 0.1) is 0 Å². The summed E-state index contributed by atoms with van der Waals surface area (Å²) in [5, 5.41) is 11.1. The second-order valence-electron chi connectivity index (χ2n) is 10.7. The molecule has 0 unspecified atom stereocenters. The maximum absolute atomic E-state index is 14.6. The summed E-state index contributed by atoms with van der Waals surface area (Å²) >= 11 is 0. The first kappa shape index (κ1) is 32.6. The highest BCUT2D eigenvalue weighted by atomic mass is 32.2. The number of amidine groups is 1. The monoisotopic (exact) mass is 636 g/mol. The molecule has 0 atom stereocenters. The number of phenols is 1. The molecule has 0 spiro atoms. The van der Waals surface area contributed by atoms with Crippen molar-refractivity contribution in [1.29, 1.82) is 0 Å². The van der Waals surface area contributed by atoms with Gasteiger partial charge in [0.15, 0.2) is 5.84 Å². The fourth-order valence-corrected chi connectivity index (χ4v) is 7.10. The van der Waals surface area contributed by atoms with Crippen LogP contribution in [0.15, 0.2) is 105 Å². The van der Waals surface area contributed by atoms with Gasteiger partial charge in [0, 0.05) is 5.56 Å². The van der Waals surface area contributed by atoms with Gasteiger partial charge in [-0.1, -0.05) is 58.0 Å². The van der Waals surface area contributed by atoms with Crippen LogP contribution in [-0.4, -0.2) is 42.0 Å². The molecule has 1 N–H and O–H groups in total. The Labute approximate surface area is 259 Å². The molecule has 4 aromatic carbocycles. The summed E-state index contributed by atoms with van der Waals surface area (Å²) < 4.78 is 72.4. The Morgan fingerprint density at radius 1 is 0.705 bits per heavy atom. The normalized spacial score (nSPS) is 12.4. The highest BCUT2D eigenvalue weighted by Crippen LogP contribution is 2.40. The van der Waals surface area contributed by atoms with Gasteiger partial charge in [0.2, 0.25) is 0 Å². The summed E-state index contributed by atoms with van der Waals surface area (Å²) in [7, 11) is -6.02. The Bertz CT molecular complexity index is 1820. The number of ether oxygens (including phenoxy) is 2. The number of aromatic hydroxyl groups is 1. The number of methoxy groups -OCH3 is 2. The Balaban J connectivity index is 2.11. The molecule has 0 radical (unpaired) electrons. The van der Waals surface area contributed by atoms with E-state index in [0.29, 0.717) is 22.6 Å². The molecule has 0 saturated heterocycles. The van der Waals surface area contributed by atoms with Crippen LogP contribution in [0.2, 0.25) is 0 Å². The van der Waals surface area contributed by atoms with Gasteiger partial charge >= 0.3 is 0 Å². The first-order valence-electron chi connectivity index (χ1n) is 13.9. The molecule has 0 bridgehead atoms. The third kappa shape index (κ3) is 6.74. The SMILES string of the molecule is COc1ccc(S(=O)(=O)N=C(c2ccccc2)N(c2cc(C(C)C)c(O)c(C(C)C)c2)S(=O)(=O)c2ccc(OC)cc2)cc1. The molecule has 4 aromatic rings. The van der Waals surface area contributed by atoms with Crippen LogP contribution in [-0.2, 0) is 20.0 Å². The number of rotatable bonds is 10. The van der Waals surface area contributed by atoms with Crippen molar-refractivity contribution in [1.82, 2.24) is 0 Å². The van der Waals surface area contributed by atoms with Gasteiger partial charge in [-0.25, -0.2) is 12.7 Å². The molecule has 4 rings (SSSR count). The number of anilines is 1. The van der Waals surface area contributed by atoms with Gasteiger partial charge in [0.05, 0.1) is 29.7 Å². The molecule has 0 heterocycles. The van der Waals surface area contributed by atoms with Gasteiger partial charge in [-0.2, -0.15) is 8.42 Å². The largest absolute Gasteiger partial charge is 0.507 e. The number of hydrogen-bond acceptors (Lipinski definition) is 7. The zero-order valence-corrected chi connectivity index (χ0v) is 27.1. The van der Waals surface area contributed by atoms with E-state index in [4.69, 9.17) is 9.47 Å². The second-order valence-corrected chi connectivity index (χ2v) is 14.0. The van der Waals surface area contributed by atoms with E-state index in [1.807, 2.05) is 27.7 Å². The number of nitrogens with zero attached hydrogens (tertiary/aromatic N) is 2. The van der Waals surface area contributed by atoms with Crippen LogP contribution in [0.3, 0.4) is 0 Å².